The SMILES string of the molecule is O=C(NC1(c2ccc(C(F)(F)F)c(F)c2)CC1)c1cc(=O)[nH]c(-c2ncccn2)n1. The Morgan fingerprint density at radius 3 is 2.43 bits per heavy atom. The van der Waals surface area contributed by atoms with Crippen molar-refractivity contribution in [3.63, 3.8) is 0 Å². The highest BCUT2D eigenvalue weighted by Gasteiger charge is 2.47. The van der Waals surface area contributed by atoms with E-state index in [2.05, 4.69) is 25.3 Å². The number of carbonyl (C=O) groups is 1. The number of nitrogens with zero attached hydrogens (tertiary/aromatic N) is 3. The number of hydrogen-bond acceptors (Lipinski definition) is 5. The number of benzene rings is 1. The molecule has 11 heteroatoms. The van der Waals surface area contributed by atoms with Crippen molar-refractivity contribution in [3.8, 4) is 11.6 Å². The van der Waals surface area contributed by atoms with E-state index in [1.807, 2.05) is 0 Å². The molecule has 2 N–H and O–H groups in total. The molecule has 1 aromatic carbocycles. The van der Waals surface area contributed by atoms with Crippen molar-refractivity contribution in [2.75, 3.05) is 0 Å². The molecule has 2 heterocycles. The van der Waals surface area contributed by atoms with Crippen LogP contribution in [0.3, 0.4) is 0 Å². The lowest BCUT2D eigenvalue weighted by molar-refractivity contribution is -0.140. The van der Waals surface area contributed by atoms with E-state index >= 15 is 0 Å². The minimum Gasteiger partial charge on any atom is -0.341 e. The third-order valence-electron chi connectivity index (χ3n) is 4.68. The van der Waals surface area contributed by atoms with Gasteiger partial charge < -0.3 is 10.3 Å². The third kappa shape index (κ3) is 3.78. The average molecular weight is 419 g/mol. The summed E-state index contributed by atoms with van der Waals surface area (Å²) in [5, 5.41) is 2.65. The van der Waals surface area contributed by atoms with Crippen molar-refractivity contribution in [2.45, 2.75) is 24.6 Å². The molecule has 0 unspecified atom stereocenters. The van der Waals surface area contributed by atoms with E-state index in [-0.39, 0.29) is 22.9 Å². The highest BCUT2D eigenvalue weighted by molar-refractivity contribution is 5.93. The summed E-state index contributed by atoms with van der Waals surface area (Å²) in [6.07, 6.45) is -1.13. The Bertz CT molecular complexity index is 1170. The van der Waals surface area contributed by atoms with E-state index in [1.165, 1.54) is 12.4 Å². The molecular formula is C19H13F4N5O2. The fourth-order valence-electron chi connectivity index (χ4n) is 3.04. The predicted molar refractivity (Wildman–Crippen MR) is 95.7 cm³/mol. The number of hydrogen-bond donors (Lipinski definition) is 2. The molecule has 4 rings (SSSR count). The average Bonchev–Trinajstić information content (AvgIpc) is 3.48. The van der Waals surface area contributed by atoms with E-state index < -0.39 is 34.6 Å². The number of amides is 1. The first-order valence-corrected chi connectivity index (χ1v) is 8.76. The fourth-order valence-corrected chi connectivity index (χ4v) is 3.04. The Hall–Kier alpha value is -3.63. The zero-order valence-electron chi connectivity index (χ0n) is 15.1. The van der Waals surface area contributed by atoms with Crippen molar-refractivity contribution < 1.29 is 22.4 Å². The van der Waals surface area contributed by atoms with Crippen LogP contribution >= 0.6 is 0 Å². The molecule has 0 atom stereocenters. The molecule has 2 aromatic heterocycles. The first-order valence-electron chi connectivity index (χ1n) is 8.76. The van der Waals surface area contributed by atoms with Crippen molar-refractivity contribution >= 4 is 5.91 Å². The molecule has 1 amide bonds. The molecule has 1 aliphatic carbocycles. The van der Waals surface area contributed by atoms with Crippen LogP contribution in [0.2, 0.25) is 0 Å². The number of alkyl halides is 3. The molecule has 1 fully saturated rings. The second kappa shape index (κ2) is 7.01. The summed E-state index contributed by atoms with van der Waals surface area (Å²) >= 11 is 0. The molecule has 0 saturated heterocycles. The van der Waals surface area contributed by atoms with Crippen LogP contribution in [0.1, 0.15) is 34.5 Å². The van der Waals surface area contributed by atoms with E-state index in [4.69, 9.17) is 0 Å². The molecule has 30 heavy (non-hydrogen) atoms. The van der Waals surface area contributed by atoms with Crippen LogP contribution in [0.25, 0.3) is 11.6 Å². The van der Waals surface area contributed by atoms with Crippen LogP contribution in [0.4, 0.5) is 17.6 Å². The maximum Gasteiger partial charge on any atom is 0.419 e. The lowest BCUT2D eigenvalue weighted by Gasteiger charge is -2.19. The summed E-state index contributed by atoms with van der Waals surface area (Å²) in [6.45, 7) is 0. The Morgan fingerprint density at radius 2 is 1.83 bits per heavy atom. The van der Waals surface area contributed by atoms with Crippen molar-refractivity contribution in [3.05, 3.63) is 75.7 Å². The van der Waals surface area contributed by atoms with Gasteiger partial charge >= 0.3 is 6.18 Å². The number of nitrogens with one attached hydrogen (secondary N) is 2. The van der Waals surface area contributed by atoms with Crippen molar-refractivity contribution in [2.24, 2.45) is 0 Å². The van der Waals surface area contributed by atoms with Crippen molar-refractivity contribution in [1.82, 2.24) is 25.3 Å². The van der Waals surface area contributed by atoms with E-state index in [0.29, 0.717) is 18.9 Å². The van der Waals surface area contributed by atoms with E-state index in [0.717, 1.165) is 18.2 Å². The summed E-state index contributed by atoms with van der Waals surface area (Å²) in [5.41, 5.74) is -3.02. The summed E-state index contributed by atoms with van der Waals surface area (Å²) in [4.78, 5) is 39.0. The minimum atomic E-state index is -4.81. The van der Waals surface area contributed by atoms with Crippen LogP contribution in [0.5, 0.6) is 0 Å². The van der Waals surface area contributed by atoms with Gasteiger partial charge in [0, 0.05) is 18.5 Å². The van der Waals surface area contributed by atoms with Gasteiger partial charge in [-0.1, -0.05) is 6.07 Å². The molecule has 1 aliphatic rings. The maximum atomic E-state index is 14.0. The summed E-state index contributed by atoms with van der Waals surface area (Å²) in [5.74, 6) is -2.05. The number of aromatic amines is 1. The molecule has 0 spiro atoms. The van der Waals surface area contributed by atoms with Crippen LogP contribution in [0, 0.1) is 5.82 Å². The van der Waals surface area contributed by atoms with Gasteiger partial charge in [0.15, 0.2) is 11.6 Å². The van der Waals surface area contributed by atoms with Gasteiger partial charge in [-0.3, -0.25) is 9.59 Å². The van der Waals surface area contributed by atoms with E-state index in [9.17, 15) is 27.2 Å². The zero-order valence-corrected chi connectivity index (χ0v) is 15.1. The fraction of sp³-hybridized carbons (Fsp3) is 0.211. The van der Waals surface area contributed by atoms with Gasteiger partial charge in [-0.25, -0.2) is 19.3 Å². The smallest absolute Gasteiger partial charge is 0.341 e. The normalized spacial score (nSPS) is 14.9. The number of rotatable bonds is 4. The van der Waals surface area contributed by atoms with Crippen LogP contribution < -0.4 is 10.9 Å². The quantitative estimate of drug-likeness (QED) is 0.634. The van der Waals surface area contributed by atoms with Gasteiger partial charge in [-0.2, -0.15) is 13.2 Å². The topological polar surface area (TPSA) is 101 Å². The van der Waals surface area contributed by atoms with Crippen LogP contribution in [-0.2, 0) is 11.7 Å². The molecule has 7 nitrogen and oxygen atoms in total. The first kappa shape index (κ1) is 19.7. The number of H-pyrrole nitrogens is 1. The molecule has 3 aromatic rings. The third-order valence-corrected chi connectivity index (χ3v) is 4.68. The first-order chi connectivity index (χ1) is 14.2. The Balaban J connectivity index is 1.61. The predicted octanol–water partition coefficient (Wildman–Crippen LogP) is 2.80. The molecule has 0 bridgehead atoms. The van der Waals surface area contributed by atoms with Gasteiger partial charge in [-0.15, -0.1) is 0 Å². The maximum absolute atomic E-state index is 14.0. The molecule has 154 valence electrons. The Labute approximate surface area is 166 Å². The van der Waals surface area contributed by atoms with Crippen LogP contribution in [0.15, 0.2) is 47.5 Å². The monoisotopic (exact) mass is 419 g/mol. The molecule has 0 radical (unpaired) electrons. The Morgan fingerprint density at radius 1 is 1.13 bits per heavy atom. The second-order valence-electron chi connectivity index (χ2n) is 6.78. The summed E-state index contributed by atoms with van der Waals surface area (Å²) in [7, 11) is 0. The highest BCUT2D eigenvalue weighted by atomic mass is 19.4. The van der Waals surface area contributed by atoms with Crippen molar-refractivity contribution in [1.29, 1.82) is 0 Å². The molecule has 1 saturated carbocycles. The summed E-state index contributed by atoms with van der Waals surface area (Å²) in [6, 6.07) is 5.09. The largest absolute Gasteiger partial charge is 0.419 e. The summed E-state index contributed by atoms with van der Waals surface area (Å²) < 4.78 is 52.3. The number of aromatic nitrogens is 4. The lowest BCUT2D eigenvalue weighted by atomic mass is 10.0. The zero-order chi connectivity index (χ0) is 21.5. The molecular weight excluding hydrogens is 406 g/mol. The van der Waals surface area contributed by atoms with Crippen LogP contribution in [-0.4, -0.2) is 25.8 Å². The van der Waals surface area contributed by atoms with Gasteiger partial charge in [0.1, 0.15) is 11.5 Å². The standard InChI is InChI=1S/C19H13F4N5O2/c20-12-8-10(2-3-11(12)19(21,22)23)18(4-5-18)28-17(30)13-9-14(29)27-16(26-13)15-24-6-1-7-25-15/h1-3,6-9H,4-5H2,(H,28,30)(H,26,27,29). The highest BCUT2D eigenvalue weighted by Crippen LogP contribution is 2.46. The lowest BCUT2D eigenvalue weighted by Crippen LogP contribution is -2.36. The van der Waals surface area contributed by atoms with E-state index in [1.54, 1.807) is 6.07 Å². The van der Waals surface area contributed by atoms with Gasteiger partial charge in [0.2, 0.25) is 0 Å². The van der Waals surface area contributed by atoms with Gasteiger partial charge in [-0.05, 0) is 36.6 Å². The van der Waals surface area contributed by atoms with Gasteiger partial charge in [0.05, 0.1) is 11.1 Å². The van der Waals surface area contributed by atoms with Gasteiger partial charge in [0.25, 0.3) is 11.5 Å². The number of halogens is 4. The second-order valence-corrected chi connectivity index (χ2v) is 6.78. The minimum absolute atomic E-state index is 0.0151. The Kier molecular flexibility index (Phi) is 4.60. The number of carbonyl (C=O) groups excluding carboxylic acids is 1. The molecule has 0 aliphatic heterocycles.